The summed E-state index contributed by atoms with van der Waals surface area (Å²) in [5, 5.41) is 6.69. The van der Waals surface area contributed by atoms with Crippen molar-refractivity contribution in [2.75, 3.05) is 29.4 Å². The first-order chi connectivity index (χ1) is 14.0. The first-order valence-corrected chi connectivity index (χ1v) is 9.99. The molecule has 0 aromatic carbocycles. The van der Waals surface area contributed by atoms with Gasteiger partial charge < -0.3 is 9.80 Å². The molecule has 1 aliphatic carbocycles. The second kappa shape index (κ2) is 6.78. The van der Waals surface area contributed by atoms with Crippen LogP contribution in [-0.4, -0.2) is 63.2 Å². The zero-order valence-electron chi connectivity index (χ0n) is 16.1. The molecule has 1 atom stereocenters. The molecule has 2 aromatic heterocycles. The lowest BCUT2D eigenvalue weighted by Crippen LogP contribution is -2.30. The first kappa shape index (κ1) is 18.0. The van der Waals surface area contributed by atoms with Gasteiger partial charge in [-0.25, -0.2) is 4.39 Å². The minimum Gasteiger partial charge on any atom is -0.338 e. The molecule has 0 radical (unpaired) electrons. The third-order valence-electron chi connectivity index (χ3n) is 5.59. The van der Waals surface area contributed by atoms with Gasteiger partial charge in [0.2, 0.25) is 17.8 Å². The largest absolute Gasteiger partial charge is 0.338 e. The van der Waals surface area contributed by atoms with Gasteiger partial charge in [-0.2, -0.15) is 19.6 Å². The Morgan fingerprint density at radius 3 is 2.76 bits per heavy atom. The molecule has 1 saturated carbocycles. The standard InChI is InChI=1S/C19H22FN7O2/c1-2-26(14-3-4-14)18-23-16-12(7-11-8-15(28)22-17(11)29)9-21-27(16)19(24-18)25-6-5-13(20)10-25/h7,9,13-14H,2-6,8,10H2,1H3,(H,22,28,29)/b11-7+/t13-/m0/s1. The van der Waals surface area contributed by atoms with Gasteiger partial charge in [-0.15, -0.1) is 0 Å². The monoisotopic (exact) mass is 399 g/mol. The SMILES string of the molecule is CCN(c1nc(N2CC[C@H](F)C2)n2ncc(/C=C3\CC(=O)NC3=O)c2n1)C1CC1. The first-order valence-electron chi connectivity index (χ1n) is 9.99. The lowest BCUT2D eigenvalue weighted by molar-refractivity contribution is -0.124. The summed E-state index contributed by atoms with van der Waals surface area (Å²) in [4.78, 5) is 37.0. The van der Waals surface area contributed by atoms with Crippen molar-refractivity contribution < 1.29 is 14.0 Å². The fraction of sp³-hybridized carbons (Fsp3) is 0.526. The number of carbonyl (C=O) groups is 2. The van der Waals surface area contributed by atoms with Crippen LogP contribution in [0, 0.1) is 0 Å². The van der Waals surface area contributed by atoms with E-state index in [1.807, 2.05) is 4.90 Å². The van der Waals surface area contributed by atoms with Crippen LogP contribution in [0.5, 0.6) is 0 Å². The van der Waals surface area contributed by atoms with Gasteiger partial charge in [0, 0.05) is 30.3 Å². The summed E-state index contributed by atoms with van der Waals surface area (Å²) in [6.45, 7) is 3.67. The lowest BCUT2D eigenvalue weighted by atomic mass is 10.1. The summed E-state index contributed by atoms with van der Waals surface area (Å²) < 4.78 is 15.5. The van der Waals surface area contributed by atoms with Crippen LogP contribution in [0.4, 0.5) is 16.3 Å². The van der Waals surface area contributed by atoms with Gasteiger partial charge in [0.25, 0.3) is 5.91 Å². The molecule has 1 N–H and O–H groups in total. The Morgan fingerprint density at radius 1 is 1.31 bits per heavy atom. The molecular formula is C19H22FN7O2. The van der Waals surface area contributed by atoms with E-state index in [0.29, 0.717) is 47.7 Å². The Balaban J connectivity index is 1.63. The highest BCUT2D eigenvalue weighted by molar-refractivity contribution is 6.15. The number of nitrogens with zero attached hydrogens (tertiary/aromatic N) is 6. The fourth-order valence-electron chi connectivity index (χ4n) is 3.96. The van der Waals surface area contributed by atoms with Crippen molar-refractivity contribution in [1.82, 2.24) is 24.9 Å². The Labute approximate surface area is 166 Å². The average molecular weight is 399 g/mol. The summed E-state index contributed by atoms with van der Waals surface area (Å²) in [5.74, 6) is 0.440. The van der Waals surface area contributed by atoms with Gasteiger partial charge in [0.1, 0.15) is 6.17 Å². The van der Waals surface area contributed by atoms with Gasteiger partial charge in [-0.1, -0.05) is 0 Å². The molecule has 0 unspecified atom stereocenters. The predicted octanol–water partition coefficient (Wildman–Crippen LogP) is 1.09. The third kappa shape index (κ3) is 3.22. The van der Waals surface area contributed by atoms with Crippen LogP contribution in [0.15, 0.2) is 11.8 Å². The van der Waals surface area contributed by atoms with Gasteiger partial charge in [-0.3, -0.25) is 14.9 Å². The van der Waals surface area contributed by atoms with Gasteiger partial charge in [-0.05, 0) is 32.3 Å². The summed E-state index contributed by atoms with van der Waals surface area (Å²) in [6.07, 6.45) is 5.08. The number of amides is 2. The van der Waals surface area contributed by atoms with E-state index in [9.17, 15) is 14.0 Å². The molecule has 152 valence electrons. The zero-order valence-corrected chi connectivity index (χ0v) is 16.1. The van der Waals surface area contributed by atoms with Gasteiger partial charge in [0.15, 0.2) is 5.65 Å². The average Bonchev–Trinajstić information content (AvgIpc) is 3.16. The highest BCUT2D eigenvalue weighted by atomic mass is 19.1. The third-order valence-corrected chi connectivity index (χ3v) is 5.59. The maximum atomic E-state index is 13.9. The number of nitrogens with one attached hydrogen (secondary N) is 1. The van der Waals surface area contributed by atoms with E-state index in [2.05, 4.69) is 22.2 Å². The minimum absolute atomic E-state index is 0.0415. The van der Waals surface area contributed by atoms with E-state index >= 15 is 0 Å². The molecule has 5 rings (SSSR count). The van der Waals surface area contributed by atoms with Crippen molar-refractivity contribution in [2.45, 2.75) is 44.8 Å². The summed E-state index contributed by atoms with van der Waals surface area (Å²) in [5.41, 5.74) is 1.56. The minimum atomic E-state index is -0.889. The maximum absolute atomic E-state index is 13.9. The van der Waals surface area contributed by atoms with Crippen molar-refractivity contribution >= 4 is 35.4 Å². The van der Waals surface area contributed by atoms with E-state index in [4.69, 9.17) is 9.97 Å². The number of alkyl halides is 1. The molecule has 9 nitrogen and oxygen atoms in total. The molecule has 2 saturated heterocycles. The number of imide groups is 1. The molecular weight excluding hydrogens is 377 g/mol. The van der Waals surface area contributed by atoms with Crippen LogP contribution in [-0.2, 0) is 9.59 Å². The van der Waals surface area contributed by atoms with Gasteiger partial charge >= 0.3 is 0 Å². The lowest BCUT2D eigenvalue weighted by Gasteiger charge is -2.23. The molecule has 10 heteroatoms. The van der Waals surface area contributed by atoms with Crippen molar-refractivity contribution in [3.8, 4) is 0 Å². The normalized spacial score (nSPS) is 23.4. The van der Waals surface area contributed by atoms with E-state index in [0.717, 1.165) is 19.4 Å². The van der Waals surface area contributed by atoms with E-state index < -0.39 is 12.1 Å². The van der Waals surface area contributed by atoms with Gasteiger partial charge in [0.05, 0.1) is 19.2 Å². The number of anilines is 2. The number of hydrogen-bond acceptors (Lipinski definition) is 7. The van der Waals surface area contributed by atoms with Crippen LogP contribution < -0.4 is 15.1 Å². The molecule has 0 bridgehead atoms. The summed E-state index contributed by atoms with van der Waals surface area (Å²) >= 11 is 0. The highest BCUT2D eigenvalue weighted by Gasteiger charge is 2.32. The predicted molar refractivity (Wildman–Crippen MR) is 104 cm³/mol. The Hall–Kier alpha value is -3.04. The molecule has 2 aliphatic heterocycles. The molecule has 4 heterocycles. The number of rotatable bonds is 5. The molecule has 3 aliphatic rings. The molecule has 2 amide bonds. The quantitative estimate of drug-likeness (QED) is 0.594. The molecule has 2 aromatic rings. The van der Waals surface area contributed by atoms with Crippen LogP contribution in [0.25, 0.3) is 11.7 Å². The molecule has 3 fully saturated rings. The number of halogens is 1. The van der Waals surface area contributed by atoms with Crippen LogP contribution in [0.2, 0.25) is 0 Å². The smallest absolute Gasteiger partial charge is 0.254 e. The number of carbonyl (C=O) groups excluding carboxylic acids is 2. The number of aromatic nitrogens is 4. The number of fused-ring (bicyclic) bond motifs is 1. The Morgan fingerprint density at radius 2 is 2.14 bits per heavy atom. The summed E-state index contributed by atoms with van der Waals surface area (Å²) in [6, 6.07) is 0.422. The second-order valence-electron chi connectivity index (χ2n) is 7.73. The van der Waals surface area contributed by atoms with Crippen LogP contribution in [0.3, 0.4) is 0 Å². The number of hydrogen-bond donors (Lipinski definition) is 1. The van der Waals surface area contributed by atoms with E-state index in [-0.39, 0.29) is 18.9 Å². The molecule has 29 heavy (non-hydrogen) atoms. The van der Waals surface area contributed by atoms with E-state index in [1.54, 1.807) is 16.8 Å². The van der Waals surface area contributed by atoms with Crippen molar-refractivity contribution in [2.24, 2.45) is 0 Å². The van der Waals surface area contributed by atoms with E-state index in [1.165, 1.54) is 0 Å². The molecule has 0 spiro atoms. The van der Waals surface area contributed by atoms with Crippen molar-refractivity contribution in [3.63, 3.8) is 0 Å². The Kier molecular flexibility index (Phi) is 4.21. The topological polar surface area (TPSA) is 95.7 Å². The van der Waals surface area contributed by atoms with Crippen LogP contribution in [0.1, 0.15) is 38.2 Å². The highest BCUT2D eigenvalue weighted by Crippen LogP contribution is 2.32. The van der Waals surface area contributed by atoms with Crippen molar-refractivity contribution in [1.29, 1.82) is 0 Å². The fourth-order valence-corrected chi connectivity index (χ4v) is 3.96. The van der Waals surface area contributed by atoms with Crippen LogP contribution >= 0.6 is 0 Å². The second-order valence-corrected chi connectivity index (χ2v) is 7.73. The zero-order chi connectivity index (χ0) is 20.1. The Bertz CT molecular complexity index is 1030. The summed E-state index contributed by atoms with van der Waals surface area (Å²) in [7, 11) is 0. The van der Waals surface area contributed by atoms with Crippen molar-refractivity contribution in [3.05, 3.63) is 17.3 Å². The maximum Gasteiger partial charge on any atom is 0.254 e.